The van der Waals surface area contributed by atoms with Gasteiger partial charge in [-0.1, -0.05) is 20.8 Å². The lowest BCUT2D eigenvalue weighted by atomic mass is 9.71. The van der Waals surface area contributed by atoms with E-state index in [-0.39, 0.29) is 0 Å². The maximum absolute atomic E-state index is 2.68. The van der Waals surface area contributed by atoms with E-state index in [0.29, 0.717) is 11.5 Å². The fourth-order valence-corrected chi connectivity index (χ4v) is 3.32. The van der Waals surface area contributed by atoms with Crippen molar-refractivity contribution in [2.45, 2.75) is 79.4 Å². The highest BCUT2D eigenvalue weighted by atomic mass is 15.2. The van der Waals surface area contributed by atoms with Gasteiger partial charge in [-0.05, 0) is 51.9 Å². The maximum Gasteiger partial charge on any atom is 0.00753 e. The van der Waals surface area contributed by atoms with Gasteiger partial charge < -0.3 is 0 Å². The van der Waals surface area contributed by atoms with E-state index >= 15 is 0 Å². The second kappa shape index (κ2) is 4.45. The first-order valence-electron chi connectivity index (χ1n) is 6.51. The minimum absolute atomic E-state index is 0.478. The molecule has 0 amide bonds. The molecule has 1 saturated heterocycles. The van der Waals surface area contributed by atoms with Crippen LogP contribution < -0.4 is 0 Å². The summed E-state index contributed by atoms with van der Waals surface area (Å²) < 4.78 is 0. The summed E-state index contributed by atoms with van der Waals surface area (Å²) in [4.78, 5) is 2.68. The Kier molecular flexibility index (Phi) is 3.86. The van der Waals surface area contributed by atoms with Gasteiger partial charge in [0.2, 0.25) is 0 Å². The predicted octanol–water partition coefficient (Wildman–Crippen LogP) is 3.93. The topological polar surface area (TPSA) is 3.24 Å². The molecule has 0 aromatic heterocycles. The molecule has 0 bridgehead atoms. The molecule has 2 unspecified atom stereocenters. The summed E-state index contributed by atoms with van der Waals surface area (Å²) >= 11 is 0. The van der Waals surface area contributed by atoms with Crippen LogP contribution in [0, 0.1) is 11.3 Å². The molecule has 1 heteroatoms. The number of hydrogen-bond donors (Lipinski definition) is 0. The van der Waals surface area contributed by atoms with Crippen molar-refractivity contribution >= 4 is 0 Å². The first-order valence-corrected chi connectivity index (χ1v) is 6.51. The average molecular weight is 211 g/mol. The van der Waals surface area contributed by atoms with Gasteiger partial charge in [-0.25, -0.2) is 0 Å². The van der Waals surface area contributed by atoms with Crippen molar-refractivity contribution in [2.75, 3.05) is 0 Å². The standard InChI is InChI=1S/C14H29N/c1-10(2)15-11(3)8-13(9-12(15)4)14(5,6)7/h10-13H,8-9H2,1-7H3. The molecule has 2 atom stereocenters. The lowest BCUT2D eigenvalue weighted by Crippen LogP contribution is -2.51. The van der Waals surface area contributed by atoms with Gasteiger partial charge in [-0.15, -0.1) is 0 Å². The molecule has 90 valence electrons. The van der Waals surface area contributed by atoms with Crippen LogP contribution in [-0.2, 0) is 0 Å². The van der Waals surface area contributed by atoms with Crippen molar-refractivity contribution in [1.82, 2.24) is 4.90 Å². The third-order valence-corrected chi connectivity index (χ3v) is 4.09. The van der Waals surface area contributed by atoms with Crippen LogP contribution in [0.2, 0.25) is 0 Å². The van der Waals surface area contributed by atoms with Crippen LogP contribution in [0.15, 0.2) is 0 Å². The minimum Gasteiger partial charge on any atom is -0.296 e. The van der Waals surface area contributed by atoms with Gasteiger partial charge >= 0.3 is 0 Å². The van der Waals surface area contributed by atoms with Crippen molar-refractivity contribution in [1.29, 1.82) is 0 Å². The van der Waals surface area contributed by atoms with E-state index in [1.807, 2.05) is 0 Å². The van der Waals surface area contributed by atoms with E-state index in [1.54, 1.807) is 0 Å². The van der Waals surface area contributed by atoms with Crippen LogP contribution >= 0.6 is 0 Å². The Morgan fingerprint density at radius 1 is 1.00 bits per heavy atom. The third kappa shape index (κ3) is 2.96. The molecular weight excluding hydrogens is 182 g/mol. The highest BCUT2D eigenvalue weighted by Gasteiger charge is 2.37. The minimum atomic E-state index is 0.478. The number of rotatable bonds is 1. The summed E-state index contributed by atoms with van der Waals surface area (Å²) in [6.07, 6.45) is 2.73. The zero-order chi connectivity index (χ0) is 11.8. The molecule has 15 heavy (non-hydrogen) atoms. The smallest absolute Gasteiger partial charge is 0.00753 e. The SMILES string of the molecule is CC(C)N1C(C)CC(C(C)(C)C)CC1C. The van der Waals surface area contributed by atoms with Crippen LogP contribution in [0.5, 0.6) is 0 Å². The van der Waals surface area contributed by atoms with Gasteiger partial charge in [-0.2, -0.15) is 0 Å². The zero-order valence-electron chi connectivity index (χ0n) is 11.7. The Bertz CT molecular complexity index is 190. The molecule has 1 rings (SSSR count). The Morgan fingerprint density at radius 3 is 1.67 bits per heavy atom. The molecule has 0 spiro atoms. The molecule has 1 aliphatic rings. The maximum atomic E-state index is 2.68. The number of piperidine rings is 1. The zero-order valence-corrected chi connectivity index (χ0v) is 11.7. The first-order chi connectivity index (χ1) is 6.73. The summed E-state index contributed by atoms with van der Waals surface area (Å²) in [5, 5.41) is 0. The lowest BCUT2D eigenvalue weighted by molar-refractivity contribution is 0.00860. The van der Waals surface area contributed by atoms with Gasteiger partial charge in [0, 0.05) is 18.1 Å². The fraction of sp³-hybridized carbons (Fsp3) is 1.00. The normalized spacial score (nSPS) is 34.8. The van der Waals surface area contributed by atoms with Crippen molar-refractivity contribution in [3.05, 3.63) is 0 Å². The van der Waals surface area contributed by atoms with Gasteiger partial charge in [0.1, 0.15) is 0 Å². The average Bonchev–Trinajstić information content (AvgIpc) is 1.99. The van der Waals surface area contributed by atoms with Crippen LogP contribution in [0.3, 0.4) is 0 Å². The summed E-state index contributed by atoms with van der Waals surface area (Å²) in [5.74, 6) is 0.887. The van der Waals surface area contributed by atoms with Gasteiger partial charge in [0.05, 0.1) is 0 Å². The quantitative estimate of drug-likeness (QED) is 0.635. The summed E-state index contributed by atoms with van der Waals surface area (Å²) in [7, 11) is 0. The number of nitrogens with zero attached hydrogens (tertiary/aromatic N) is 1. The van der Waals surface area contributed by atoms with Crippen molar-refractivity contribution in [2.24, 2.45) is 11.3 Å². The molecular formula is C14H29N. The molecule has 0 aromatic carbocycles. The molecule has 0 N–H and O–H groups in total. The van der Waals surface area contributed by atoms with E-state index in [2.05, 4.69) is 53.4 Å². The Morgan fingerprint density at radius 2 is 1.40 bits per heavy atom. The van der Waals surface area contributed by atoms with Crippen LogP contribution in [0.4, 0.5) is 0 Å². The molecule has 0 radical (unpaired) electrons. The second-order valence-electron chi connectivity index (χ2n) is 6.77. The monoisotopic (exact) mass is 211 g/mol. The molecule has 0 aliphatic carbocycles. The van der Waals surface area contributed by atoms with Crippen LogP contribution in [-0.4, -0.2) is 23.0 Å². The molecule has 0 saturated carbocycles. The summed E-state index contributed by atoms with van der Waals surface area (Å²) in [6.45, 7) is 16.6. The van der Waals surface area contributed by atoms with Crippen molar-refractivity contribution in [3.63, 3.8) is 0 Å². The van der Waals surface area contributed by atoms with E-state index in [0.717, 1.165) is 18.0 Å². The van der Waals surface area contributed by atoms with Crippen molar-refractivity contribution in [3.8, 4) is 0 Å². The summed E-state index contributed by atoms with van der Waals surface area (Å²) in [6, 6.07) is 2.19. The van der Waals surface area contributed by atoms with E-state index in [1.165, 1.54) is 12.8 Å². The second-order valence-corrected chi connectivity index (χ2v) is 6.77. The Balaban J connectivity index is 2.71. The van der Waals surface area contributed by atoms with Crippen LogP contribution in [0.25, 0.3) is 0 Å². The molecule has 1 aliphatic heterocycles. The molecule has 1 fully saturated rings. The summed E-state index contributed by atoms with van der Waals surface area (Å²) in [5.41, 5.74) is 0.478. The number of hydrogen-bond acceptors (Lipinski definition) is 1. The highest BCUT2D eigenvalue weighted by Crippen LogP contribution is 2.39. The number of likely N-dealkylation sites (tertiary alicyclic amines) is 1. The predicted molar refractivity (Wildman–Crippen MR) is 68.1 cm³/mol. The highest BCUT2D eigenvalue weighted by molar-refractivity contribution is 4.90. The fourth-order valence-electron chi connectivity index (χ4n) is 3.32. The van der Waals surface area contributed by atoms with Crippen molar-refractivity contribution < 1.29 is 0 Å². The first kappa shape index (κ1) is 13.0. The Hall–Kier alpha value is -0.0400. The van der Waals surface area contributed by atoms with Gasteiger partial charge in [0.25, 0.3) is 0 Å². The third-order valence-electron chi connectivity index (χ3n) is 4.09. The Labute approximate surface area is 96.2 Å². The van der Waals surface area contributed by atoms with Crippen LogP contribution in [0.1, 0.15) is 61.3 Å². The largest absolute Gasteiger partial charge is 0.296 e. The molecule has 1 heterocycles. The van der Waals surface area contributed by atoms with E-state index in [4.69, 9.17) is 0 Å². The van der Waals surface area contributed by atoms with E-state index < -0.39 is 0 Å². The van der Waals surface area contributed by atoms with Gasteiger partial charge in [0.15, 0.2) is 0 Å². The van der Waals surface area contributed by atoms with E-state index in [9.17, 15) is 0 Å². The lowest BCUT2D eigenvalue weighted by Gasteiger charge is -2.48. The molecule has 0 aromatic rings. The van der Waals surface area contributed by atoms with Gasteiger partial charge in [-0.3, -0.25) is 4.90 Å². The molecule has 1 nitrogen and oxygen atoms in total.